The van der Waals surface area contributed by atoms with Crippen LogP contribution in [-0.2, 0) is 16.0 Å². The molecule has 1 heterocycles. The molecule has 1 saturated heterocycles. The van der Waals surface area contributed by atoms with Crippen LogP contribution in [0.15, 0.2) is 48.5 Å². The second kappa shape index (κ2) is 13.0. The molecule has 1 aliphatic rings. The van der Waals surface area contributed by atoms with Gasteiger partial charge in [-0.15, -0.1) is 0 Å². The number of rotatable bonds is 12. The smallest absolute Gasteiger partial charge is 0.328 e. The lowest BCUT2D eigenvalue weighted by Crippen LogP contribution is -2.39. The highest BCUT2D eigenvalue weighted by atomic mass is 19.1. The maximum Gasteiger partial charge on any atom is 0.328 e. The van der Waals surface area contributed by atoms with Crippen molar-refractivity contribution in [2.75, 3.05) is 19.7 Å². The zero-order chi connectivity index (χ0) is 25.4. The third-order valence-corrected chi connectivity index (χ3v) is 6.99. The molecule has 1 aliphatic heterocycles. The van der Waals surface area contributed by atoms with Gasteiger partial charge in [0, 0.05) is 18.7 Å². The highest BCUT2D eigenvalue weighted by molar-refractivity contribution is 5.85. The van der Waals surface area contributed by atoms with Crippen molar-refractivity contribution in [3.8, 4) is 0 Å². The minimum atomic E-state index is -0.996. The van der Waals surface area contributed by atoms with Crippen LogP contribution >= 0.6 is 0 Å². The number of aliphatic carboxylic acids is 1. The maximum atomic E-state index is 14.0. The molecule has 6 heteroatoms. The number of carboxylic acid groups (broad SMARTS) is 1. The van der Waals surface area contributed by atoms with E-state index < -0.39 is 12.1 Å². The van der Waals surface area contributed by atoms with E-state index in [0.717, 1.165) is 55.0 Å². The Labute approximate surface area is 208 Å². The second-order valence-electron chi connectivity index (χ2n) is 9.67. The summed E-state index contributed by atoms with van der Waals surface area (Å²) >= 11 is 0. The Morgan fingerprint density at radius 2 is 2.06 bits per heavy atom. The summed E-state index contributed by atoms with van der Waals surface area (Å²) < 4.78 is 20.3. The lowest BCUT2D eigenvalue weighted by molar-refractivity contribution is -0.131. The van der Waals surface area contributed by atoms with Crippen LogP contribution in [0, 0.1) is 18.7 Å². The number of hydrogen-bond donors (Lipinski definition) is 2. The quantitative estimate of drug-likeness (QED) is 0.396. The van der Waals surface area contributed by atoms with Crippen LogP contribution in [0.5, 0.6) is 0 Å². The Bertz CT molecular complexity index is 1010. The van der Waals surface area contributed by atoms with E-state index in [-0.39, 0.29) is 30.5 Å². The first-order valence-corrected chi connectivity index (χ1v) is 12.6. The van der Waals surface area contributed by atoms with E-state index in [1.54, 1.807) is 19.1 Å². The number of aliphatic hydroxyl groups excluding tert-OH is 1. The number of β-amino-alcohol motifs (C(OH)–C–C–N with tert-alkyl or cyclic N) is 1. The van der Waals surface area contributed by atoms with E-state index in [2.05, 4.69) is 18.7 Å². The van der Waals surface area contributed by atoms with E-state index in [9.17, 15) is 14.3 Å². The number of carbonyl (C=O) groups is 1. The monoisotopic (exact) mass is 483 g/mol. The lowest BCUT2D eigenvalue weighted by atomic mass is 9.91. The Morgan fingerprint density at radius 1 is 1.29 bits per heavy atom. The molecule has 0 aromatic heterocycles. The number of benzene rings is 2. The zero-order valence-electron chi connectivity index (χ0n) is 21.0. The minimum Gasteiger partial charge on any atom is -0.478 e. The van der Waals surface area contributed by atoms with Crippen molar-refractivity contribution in [3.05, 3.63) is 76.6 Å². The van der Waals surface area contributed by atoms with Gasteiger partial charge in [0.2, 0.25) is 0 Å². The first-order valence-electron chi connectivity index (χ1n) is 12.6. The van der Waals surface area contributed by atoms with Gasteiger partial charge in [-0.05, 0) is 73.0 Å². The van der Waals surface area contributed by atoms with E-state index in [0.29, 0.717) is 12.1 Å². The molecule has 2 aromatic carbocycles. The Balaban J connectivity index is 1.63. The fraction of sp³-hybridized carbons (Fsp3) is 0.483. The SMILES string of the molecule is CCC(C)[C@H](OC[C@H](O)CN1CCC[C@H]1Cc1ccc(C)c(F)c1)c1ccccc1/C=C/C(=O)O. The molecule has 0 aliphatic carbocycles. The molecule has 3 rings (SSSR count). The molecule has 2 N–H and O–H groups in total. The van der Waals surface area contributed by atoms with E-state index >= 15 is 0 Å². The van der Waals surface area contributed by atoms with Crippen LogP contribution in [0.1, 0.15) is 61.5 Å². The van der Waals surface area contributed by atoms with Crippen LogP contribution in [0.25, 0.3) is 6.08 Å². The zero-order valence-corrected chi connectivity index (χ0v) is 21.0. The molecule has 0 bridgehead atoms. The molecule has 190 valence electrons. The summed E-state index contributed by atoms with van der Waals surface area (Å²) in [4.78, 5) is 13.3. The number of likely N-dealkylation sites (tertiary alicyclic amines) is 1. The number of nitrogens with zero attached hydrogens (tertiary/aromatic N) is 1. The average molecular weight is 484 g/mol. The number of halogens is 1. The molecule has 1 fully saturated rings. The molecule has 0 amide bonds. The molecule has 1 unspecified atom stereocenters. The van der Waals surface area contributed by atoms with Gasteiger partial charge in [-0.1, -0.05) is 56.7 Å². The Morgan fingerprint density at radius 3 is 2.77 bits per heavy atom. The minimum absolute atomic E-state index is 0.171. The third-order valence-electron chi connectivity index (χ3n) is 6.99. The van der Waals surface area contributed by atoms with Crippen molar-refractivity contribution in [2.45, 2.75) is 64.7 Å². The van der Waals surface area contributed by atoms with Crippen molar-refractivity contribution in [1.29, 1.82) is 0 Å². The predicted octanol–water partition coefficient (Wildman–Crippen LogP) is 5.40. The summed E-state index contributed by atoms with van der Waals surface area (Å²) in [5, 5.41) is 19.9. The van der Waals surface area contributed by atoms with Crippen LogP contribution in [0.2, 0.25) is 0 Å². The number of aliphatic hydroxyl groups is 1. The molecular weight excluding hydrogens is 445 g/mol. The Hall–Kier alpha value is -2.54. The predicted molar refractivity (Wildman–Crippen MR) is 137 cm³/mol. The summed E-state index contributed by atoms with van der Waals surface area (Å²) in [6.45, 7) is 7.57. The fourth-order valence-corrected chi connectivity index (χ4v) is 4.80. The molecule has 35 heavy (non-hydrogen) atoms. The molecular formula is C29H38FNO4. The first-order chi connectivity index (χ1) is 16.8. The molecule has 5 nitrogen and oxygen atoms in total. The van der Waals surface area contributed by atoms with Gasteiger partial charge in [0.25, 0.3) is 0 Å². The third kappa shape index (κ3) is 7.72. The van der Waals surface area contributed by atoms with Crippen LogP contribution in [0.3, 0.4) is 0 Å². The van der Waals surface area contributed by atoms with Crippen LogP contribution < -0.4 is 0 Å². The van der Waals surface area contributed by atoms with Crippen molar-refractivity contribution in [1.82, 2.24) is 4.90 Å². The normalized spacial score (nSPS) is 19.2. The standard InChI is InChI=1S/C29H38FNO4/c1-4-20(2)29(26-10-6-5-8-23(26)13-14-28(33)34)35-19-25(32)18-31-15-7-9-24(31)16-22-12-11-21(3)27(30)17-22/h5-6,8,10-14,17,20,24-25,29,32H,4,7,9,15-16,18-19H2,1-3H3,(H,33,34)/b14-13+/t20?,24-,25+,29-/m0/s1. The van der Waals surface area contributed by atoms with E-state index in [1.165, 1.54) is 0 Å². The van der Waals surface area contributed by atoms with Gasteiger partial charge in [0.15, 0.2) is 0 Å². The maximum absolute atomic E-state index is 14.0. The van der Waals surface area contributed by atoms with Gasteiger partial charge in [0.1, 0.15) is 5.82 Å². The van der Waals surface area contributed by atoms with Crippen molar-refractivity contribution in [3.63, 3.8) is 0 Å². The van der Waals surface area contributed by atoms with Crippen LogP contribution in [0.4, 0.5) is 4.39 Å². The largest absolute Gasteiger partial charge is 0.478 e. The van der Waals surface area contributed by atoms with Gasteiger partial charge in [-0.2, -0.15) is 0 Å². The van der Waals surface area contributed by atoms with E-state index in [4.69, 9.17) is 9.84 Å². The second-order valence-corrected chi connectivity index (χ2v) is 9.67. The molecule has 2 aromatic rings. The molecule has 0 saturated carbocycles. The summed E-state index contributed by atoms with van der Waals surface area (Å²) in [6.07, 6.45) is 5.56. The van der Waals surface area contributed by atoms with E-state index in [1.807, 2.05) is 36.4 Å². The van der Waals surface area contributed by atoms with Gasteiger partial charge < -0.3 is 14.9 Å². The topological polar surface area (TPSA) is 70.0 Å². The van der Waals surface area contributed by atoms with Gasteiger partial charge in [-0.25, -0.2) is 9.18 Å². The fourth-order valence-electron chi connectivity index (χ4n) is 4.80. The summed E-state index contributed by atoms with van der Waals surface area (Å²) in [7, 11) is 0. The van der Waals surface area contributed by atoms with Gasteiger partial charge in [0.05, 0.1) is 18.8 Å². The summed E-state index contributed by atoms with van der Waals surface area (Å²) in [6, 6.07) is 13.4. The van der Waals surface area contributed by atoms with Crippen LogP contribution in [-0.4, -0.2) is 52.9 Å². The summed E-state index contributed by atoms with van der Waals surface area (Å²) in [5.74, 6) is -0.975. The van der Waals surface area contributed by atoms with Gasteiger partial charge >= 0.3 is 5.97 Å². The average Bonchev–Trinajstić information content (AvgIpc) is 3.26. The van der Waals surface area contributed by atoms with Gasteiger partial charge in [-0.3, -0.25) is 4.90 Å². The van der Waals surface area contributed by atoms with Crippen molar-refractivity contribution in [2.24, 2.45) is 5.92 Å². The highest BCUT2D eigenvalue weighted by Crippen LogP contribution is 2.32. The lowest BCUT2D eigenvalue weighted by Gasteiger charge is -2.30. The highest BCUT2D eigenvalue weighted by Gasteiger charge is 2.28. The first kappa shape index (κ1) is 27.1. The number of carboxylic acids is 1. The molecule has 4 atom stereocenters. The Kier molecular flexibility index (Phi) is 10.0. The molecule has 0 spiro atoms. The van der Waals surface area contributed by atoms with Crippen molar-refractivity contribution >= 4 is 12.0 Å². The summed E-state index contributed by atoms with van der Waals surface area (Å²) in [5.41, 5.74) is 3.37. The number of ether oxygens (including phenoxy) is 1. The number of aryl methyl sites for hydroxylation is 1. The number of hydrogen-bond acceptors (Lipinski definition) is 4. The molecule has 0 radical (unpaired) electrons. The van der Waals surface area contributed by atoms with Crippen molar-refractivity contribution < 1.29 is 24.1 Å².